The maximum absolute atomic E-state index is 12.7. The number of imide groups is 1. The molecule has 6 nitrogen and oxygen atoms in total. The van der Waals surface area contributed by atoms with Gasteiger partial charge in [-0.2, -0.15) is 0 Å². The number of benzene rings is 1. The fourth-order valence-electron chi connectivity index (χ4n) is 2.85. The predicted octanol–water partition coefficient (Wildman–Crippen LogP) is 2.13. The molecule has 3 rings (SSSR count). The molecule has 0 N–H and O–H groups in total. The van der Waals surface area contributed by atoms with Gasteiger partial charge in [-0.15, -0.1) is 0 Å². The van der Waals surface area contributed by atoms with Crippen molar-refractivity contribution >= 4 is 28.8 Å². The third-order valence-electron chi connectivity index (χ3n) is 4.24. The van der Waals surface area contributed by atoms with Crippen molar-refractivity contribution in [2.45, 2.75) is 26.0 Å². The van der Waals surface area contributed by atoms with Crippen LogP contribution in [0.25, 0.3) is 0 Å². The molecule has 1 aromatic carbocycles. The Morgan fingerprint density at radius 3 is 2.92 bits per heavy atom. The van der Waals surface area contributed by atoms with Crippen molar-refractivity contribution in [3.8, 4) is 0 Å². The second kappa shape index (κ2) is 7.36. The molecule has 1 aromatic rings. The first-order valence-corrected chi connectivity index (χ1v) is 9.04. The number of ether oxygens (including phenoxy) is 1. The first-order valence-electron chi connectivity index (χ1n) is 8.05. The van der Waals surface area contributed by atoms with E-state index in [1.807, 2.05) is 13.0 Å². The highest BCUT2D eigenvalue weighted by Gasteiger charge is 2.30. The molecule has 0 bridgehead atoms. The van der Waals surface area contributed by atoms with Crippen LogP contribution < -0.4 is 0 Å². The second-order valence-corrected chi connectivity index (χ2v) is 6.81. The van der Waals surface area contributed by atoms with Gasteiger partial charge in [0, 0.05) is 18.7 Å². The molecule has 3 amide bonds. The summed E-state index contributed by atoms with van der Waals surface area (Å²) in [6.45, 7) is 3.99. The van der Waals surface area contributed by atoms with Gasteiger partial charge >= 0.3 is 0 Å². The summed E-state index contributed by atoms with van der Waals surface area (Å²) >= 11 is 1.02. The van der Waals surface area contributed by atoms with Gasteiger partial charge in [0.15, 0.2) is 0 Å². The number of carbonyl (C=O) groups is 3. The summed E-state index contributed by atoms with van der Waals surface area (Å²) in [5.41, 5.74) is 1.36. The van der Waals surface area contributed by atoms with E-state index in [1.54, 1.807) is 23.1 Å². The Morgan fingerprint density at radius 2 is 2.21 bits per heavy atom. The van der Waals surface area contributed by atoms with Crippen molar-refractivity contribution in [2.24, 2.45) is 0 Å². The number of morpholine rings is 1. The van der Waals surface area contributed by atoms with E-state index in [2.05, 4.69) is 0 Å². The molecule has 0 radical (unpaired) electrons. The summed E-state index contributed by atoms with van der Waals surface area (Å²) in [5, 5.41) is -0.226. The summed E-state index contributed by atoms with van der Waals surface area (Å²) in [4.78, 5) is 39.2. The van der Waals surface area contributed by atoms with Crippen LogP contribution in [0.3, 0.4) is 0 Å². The average Bonchev–Trinajstić information content (AvgIpc) is 2.93. The number of hydrogen-bond acceptors (Lipinski definition) is 5. The van der Waals surface area contributed by atoms with Gasteiger partial charge in [0.2, 0.25) is 5.91 Å². The lowest BCUT2D eigenvalue weighted by Gasteiger charge is -2.32. The summed E-state index contributed by atoms with van der Waals surface area (Å²) in [7, 11) is 0. The van der Waals surface area contributed by atoms with Crippen LogP contribution in [0.4, 0.5) is 4.79 Å². The fourth-order valence-corrected chi connectivity index (χ4v) is 3.58. The van der Waals surface area contributed by atoms with E-state index in [0.717, 1.165) is 23.7 Å². The van der Waals surface area contributed by atoms with Gasteiger partial charge in [-0.05, 0) is 24.1 Å². The lowest BCUT2D eigenvalue weighted by atomic mass is 10.1. The number of amides is 3. The number of nitrogens with zero attached hydrogens (tertiary/aromatic N) is 2. The molecular weight excluding hydrogens is 328 g/mol. The molecule has 2 heterocycles. The van der Waals surface area contributed by atoms with E-state index in [4.69, 9.17) is 4.74 Å². The monoisotopic (exact) mass is 348 g/mol. The predicted molar refractivity (Wildman–Crippen MR) is 90.8 cm³/mol. The highest BCUT2D eigenvalue weighted by Crippen LogP contribution is 2.22. The van der Waals surface area contributed by atoms with Crippen LogP contribution in [-0.4, -0.2) is 58.4 Å². The standard InChI is InChI=1S/C17H20N2O4S/c1-2-14-10-18(6-7-23-14)16(21)13-5-3-4-12(8-13)9-19-15(20)11-24-17(19)22/h3-5,8,14H,2,6-7,9-11H2,1H3. The minimum absolute atomic E-state index is 0.0351. The van der Waals surface area contributed by atoms with Gasteiger partial charge in [-0.25, -0.2) is 0 Å². The van der Waals surface area contributed by atoms with Crippen LogP contribution in [0.2, 0.25) is 0 Å². The largest absolute Gasteiger partial charge is 0.375 e. The normalized spacial score (nSPS) is 21.5. The lowest BCUT2D eigenvalue weighted by Crippen LogP contribution is -2.45. The molecule has 2 saturated heterocycles. The molecule has 24 heavy (non-hydrogen) atoms. The van der Waals surface area contributed by atoms with Gasteiger partial charge in [-0.1, -0.05) is 30.8 Å². The van der Waals surface area contributed by atoms with E-state index < -0.39 is 0 Å². The van der Waals surface area contributed by atoms with Crippen LogP contribution in [0, 0.1) is 0 Å². The molecule has 0 spiro atoms. The van der Waals surface area contributed by atoms with Gasteiger partial charge in [-0.3, -0.25) is 19.3 Å². The molecular formula is C17H20N2O4S. The van der Waals surface area contributed by atoms with Crippen molar-refractivity contribution in [3.63, 3.8) is 0 Å². The smallest absolute Gasteiger partial charge is 0.289 e. The molecule has 128 valence electrons. The molecule has 1 unspecified atom stereocenters. The van der Waals surface area contributed by atoms with Crippen molar-refractivity contribution in [1.29, 1.82) is 0 Å². The minimum Gasteiger partial charge on any atom is -0.375 e. The summed E-state index contributed by atoms with van der Waals surface area (Å²) < 4.78 is 5.60. The third kappa shape index (κ3) is 3.62. The first kappa shape index (κ1) is 17.0. The van der Waals surface area contributed by atoms with Crippen LogP contribution in [0.15, 0.2) is 24.3 Å². The van der Waals surface area contributed by atoms with Crippen LogP contribution in [0.1, 0.15) is 29.3 Å². The maximum Gasteiger partial charge on any atom is 0.289 e. The quantitative estimate of drug-likeness (QED) is 0.834. The van der Waals surface area contributed by atoms with Crippen molar-refractivity contribution in [3.05, 3.63) is 35.4 Å². The summed E-state index contributed by atoms with van der Waals surface area (Å²) in [6.07, 6.45) is 0.962. The van der Waals surface area contributed by atoms with Gasteiger partial charge in [0.25, 0.3) is 11.1 Å². The van der Waals surface area contributed by atoms with E-state index in [9.17, 15) is 14.4 Å². The Labute approximate surface area is 145 Å². The molecule has 0 aromatic heterocycles. The molecule has 2 aliphatic rings. The molecule has 2 fully saturated rings. The van der Waals surface area contributed by atoms with Crippen LogP contribution in [0.5, 0.6) is 0 Å². The van der Waals surface area contributed by atoms with Gasteiger partial charge in [0.1, 0.15) is 0 Å². The zero-order valence-corrected chi connectivity index (χ0v) is 14.4. The number of carbonyl (C=O) groups excluding carboxylic acids is 3. The van der Waals surface area contributed by atoms with Crippen LogP contribution in [-0.2, 0) is 16.1 Å². The minimum atomic E-state index is -0.226. The van der Waals surface area contributed by atoms with E-state index in [0.29, 0.717) is 25.3 Å². The Hall–Kier alpha value is -1.86. The number of hydrogen-bond donors (Lipinski definition) is 0. The zero-order valence-electron chi connectivity index (χ0n) is 13.6. The SMILES string of the molecule is CCC1CN(C(=O)c2cccc(CN3C(=O)CSC3=O)c2)CCO1. The van der Waals surface area contributed by atoms with E-state index in [1.165, 1.54) is 4.90 Å². The van der Waals surface area contributed by atoms with Crippen molar-refractivity contribution in [1.82, 2.24) is 9.80 Å². The van der Waals surface area contributed by atoms with E-state index >= 15 is 0 Å². The Bertz CT molecular complexity index is 648. The summed E-state index contributed by atoms with van der Waals surface area (Å²) in [5.74, 6) is -0.0170. The molecule has 2 aliphatic heterocycles. The third-order valence-corrected chi connectivity index (χ3v) is 5.10. The molecule has 7 heteroatoms. The Balaban J connectivity index is 1.71. The maximum atomic E-state index is 12.7. The topological polar surface area (TPSA) is 66.9 Å². The highest BCUT2D eigenvalue weighted by atomic mass is 32.2. The second-order valence-electron chi connectivity index (χ2n) is 5.89. The first-order chi connectivity index (χ1) is 11.6. The Kier molecular flexibility index (Phi) is 5.20. The Morgan fingerprint density at radius 1 is 1.38 bits per heavy atom. The van der Waals surface area contributed by atoms with Gasteiger partial charge < -0.3 is 9.64 Å². The van der Waals surface area contributed by atoms with Gasteiger partial charge in [0.05, 0.1) is 25.0 Å². The summed E-state index contributed by atoms with van der Waals surface area (Å²) in [6, 6.07) is 7.15. The molecule has 0 aliphatic carbocycles. The van der Waals surface area contributed by atoms with E-state index in [-0.39, 0.29) is 35.5 Å². The molecule has 1 atom stereocenters. The van der Waals surface area contributed by atoms with Crippen LogP contribution >= 0.6 is 11.8 Å². The highest BCUT2D eigenvalue weighted by molar-refractivity contribution is 8.14. The lowest BCUT2D eigenvalue weighted by molar-refractivity contribution is -0.125. The fraction of sp³-hybridized carbons (Fsp3) is 0.471. The van der Waals surface area contributed by atoms with Crippen molar-refractivity contribution < 1.29 is 19.1 Å². The van der Waals surface area contributed by atoms with Crippen molar-refractivity contribution in [2.75, 3.05) is 25.4 Å². The molecule has 0 saturated carbocycles. The average molecular weight is 348 g/mol. The number of rotatable bonds is 4. The number of thioether (sulfide) groups is 1. The zero-order chi connectivity index (χ0) is 17.1.